The first-order chi connectivity index (χ1) is 14.6. The lowest BCUT2D eigenvalue weighted by Crippen LogP contribution is -2.67. The Labute approximate surface area is 191 Å². The standard InChI is InChI=1S/C26H38O6/c1-14-9-20-25(8)16(3)22(32-17(4)29)24(7,11-15(2)28)23(5,6)19(25)10-18(13-27)12-26(20,31)21(14)30/h9-10,16,19-20,22,27,31H,11-13H2,1-8H3/t16-,19+,20+,22-,24-,25+,26-/m1/s1. The number of Topliss-reactive ketones (excluding diaryl/α,β-unsaturated/α-hetero) is 2. The molecule has 3 aliphatic carbocycles. The second kappa shape index (κ2) is 7.63. The normalized spacial score (nSPS) is 42.9. The van der Waals surface area contributed by atoms with Crippen molar-refractivity contribution >= 4 is 17.5 Å². The molecule has 0 radical (unpaired) electrons. The van der Waals surface area contributed by atoms with Gasteiger partial charge in [0.05, 0.1) is 6.61 Å². The molecule has 0 unspecified atom stereocenters. The lowest BCUT2D eigenvalue weighted by Gasteiger charge is -2.66. The van der Waals surface area contributed by atoms with E-state index in [1.165, 1.54) is 6.92 Å². The van der Waals surface area contributed by atoms with Crippen LogP contribution < -0.4 is 0 Å². The van der Waals surface area contributed by atoms with Gasteiger partial charge in [0, 0.05) is 37.0 Å². The zero-order valence-corrected chi connectivity index (χ0v) is 20.6. The number of rotatable bonds is 4. The molecule has 0 aromatic rings. The van der Waals surface area contributed by atoms with Gasteiger partial charge in [-0.25, -0.2) is 0 Å². The topological polar surface area (TPSA) is 101 Å². The smallest absolute Gasteiger partial charge is 0.302 e. The number of aliphatic hydroxyl groups excluding tert-OH is 1. The summed E-state index contributed by atoms with van der Waals surface area (Å²) >= 11 is 0. The highest BCUT2D eigenvalue weighted by Crippen LogP contribution is 2.69. The van der Waals surface area contributed by atoms with Crippen molar-refractivity contribution in [3.05, 3.63) is 23.3 Å². The summed E-state index contributed by atoms with van der Waals surface area (Å²) < 4.78 is 5.95. The Kier molecular flexibility index (Phi) is 5.92. The second-order valence-electron chi connectivity index (χ2n) is 11.4. The zero-order chi connectivity index (χ0) is 24.4. The number of fused-ring (bicyclic) bond motifs is 3. The highest BCUT2D eigenvalue weighted by molar-refractivity contribution is 6.04. The van der Waals surface area contributed by atoms with E-state index in [1.54, 1.807) is 13.8 Å². The van der Waals surface area contributed by atoms with Crippen molar-refractivity contribution in [3.8, 4) is 0 Å². The van der Waals surface area contributed by atoms with Crippen molar-refractivity contribution in [2.24, 2.45) is 34.0 Å². The Morgan fingerprint density at radius 1 is 1.12 bits per heavy atom. The maximum absolute atomic E-state index is 13.1. The third-order valence-corrected chi connectivity index (χ3v) is 9.35. The summed E-state index contributed by atoms with van der Waals surface area (Å²) in [5, 5.41) is 21.9. The Hall–Kier alpha value is -1.79. The van der Waals surface area contributed by atoms with Crippen molar-refractivity contribution in [3.63, 3.8) is 0 Å². The van der Waals surface area contributed by atoms with Gasteiger partial charge in [0.15, 0.2) is 5.78 Å². The van der Waals surface area contributed by atoms with Gasteiger partial charge < -0.3 is 19.7 Å². The molecule has 6 heteroatoms. The molecule has 0 amide bonds. The Morgan fingerprint density at radius 2 is 1.72 bits per heavy atom. The molecule has 32 heavy (non-hydrogen) atoms. The molecule has 0 spiro atoms. The number of allylic oxidation sites excluding steroid dienone is 1. The van der Waals surface area contributed by atoms with Gasteiger partial charge in [-0.3, -0.25) is 9.59 Å². The third kappa shape index (κ3) is 3.17. The Bertz CT molecular complexity index is 913. The number of carbonyl (C=O) groups is 3. The van der Waals surface area contributed by atoms with E-state index < -0.39 is 39.8 Å². The molecule has 178 valence electrons. The van der Waals surface area contributed by atoms with Crippen LogP contribution in [0.5, 0.6) is 0 Å². The predicted octanol–water partition coefficient (Wildman–Crippen LogP) is 3.40. The van der Waals surface area contributed by atoms with Crippen LogP contribution in [-0.4, -0.2) is 46.1 Å². The average molecular weight is 447 g/mol. The fourth-order valence-electron chi connectivity index (χ4n) is 7.36. The van der Waals surface area contributed by atoms with Gasteiger partial charge in [-0.2, -0.15) is 0 Å². The summed E-state index contributed by atoms with van der Waals surface area (Å²) in [6.45, 7) is 14.6. The lowest BCUT2D eigenvalue weighted by atomic mass is 9.39. The molecule has 0 aliphatic heterocycles. The molecule has 1 saturated carbocycles. The maximum Gasteiger partial charge on any atom is 0.302 e. The third-order valence-electron chi connectivity index (χ3n) is 9.35. The first kappa shape index (κ1) is 24.8. The zero-order valence-electron chi connectivity index (χ0n) is 20.6. The van der Waals surface area contributed by atoms with E-state index in [0.29, 0.717) is 11.1 Å². The minimum Gasteiger partial charge on any atom is -0.462 e. The van der Waals surface area contributed by atoms with Crippen LogP contribution in [0.2, 0.25) is 0 Å². The summed E-state index contributed by atoms with van der Waals surface area (Å²) in [7, 11) is 0. The Balaban J connectivity index is 2.34. The molecule has 7 atom stereocenters. The largest absolute Gasteiger partial charge is 0.462 e. The summed E-state index contributed by atoms with van der Waals surface area (Å²) in [4.78, 5) is 37.7. The van der Waals surface area contributed by atoms with Crippen molar-refractivity contribution in [1.82, 2.24) is 0 Å². The summed E-state index contributed by atoms with van der Waals surface area (Å²) in [6.07, 6.45) is 3.61. The fourth-order valence-corrected chi connectivity index (χ4v) is 7.36. The SMILES string of the molecule is CC(=O)C[C@]1(C)[C@H](OC(C)=O)[C@@H](C)[C@@]2(C)[C@@H](C=C(CO)C[C@]3(O)C(=O)C(C)=C[C@@H]23)C1(C)C. The van der Waals surface area contributed by atoms with Gasteiger partial charge in [0.1, 0.15) is 17.5 Å². The molecule has 1 fully saturated rings. The van der Waals surface area contributed by atoms with Crippen molar-refractivity contribution in [2.45, 2.75) is 79.9 Å². The summed E-state index contributed by atoms with van der Waals surface area (Å²) in [5.74, 6) is -1.68. The molecule has 0 aromatic carbocycles. The van der Waals surface area contributed by atoms with Crippen molar-refractivity contribution < 1.29 is 29.3 Å². The van der Waals surface area contributed by atoms with Crippen LogP contribution in [0.4, 0.5) is 0 Å². The van der Waals surface area contributed by atoms with Gasteiger partial charge in [0.25, 0.3) is 0 Å². The van der Waals surface area contributed by atoms with Gasteiger partial charge in [-0.1, -0.05) is 46.8 Å². The molecular weight excluding hydrogens is 408 g/mol. The highest BCUT2D eigenvalue weighted by Gasteiger charge is 2.70. The summed E-state index contributed by atoms with van der Waals surface area (Å²) in [5.41, 5.74) is -2.42. The number of carbonyl (C=O) groups excluding carboxylic acids is 3. The first-order valence-electron chi connectivity index (χ1n) is 11.5. The van der Waals surface area contributed by atoms with Gasteiger partial charge in [0.2, 0.25) is 0 Å². The predicted molar refractivity (Wildman–Crippen MR) is 120 cm³/mol. The van der Waals surface area contributed by atoms with Crippen LogP contribution in [-0.2, 0) is 19.1 Å². The number of ketones is 2. The van der Waals surface area contributed by atoms with Crippen LogP contribution >= 0.6 is 0 Å². The van der Waals surface area contributed by atoms with Crippen LogP contribution in [0.3, 0.4) is 0 Å². The van der Waals surface area contributed by atoms with E-state index in [-0.39, 0.29) is 42.9 Å². The van der Waals surface area contributed by atoms with Crippen LogP contribution in [0.15, 0.2) is 23.3 Å². The maximum atomic E-state index is 13.1. The second-order valence-corrected chi connectivity index (χ2v) is 11.4. The van der Waals surface area contributed by atoms with E-state index in [9.17, 15) is 24.6 Å². The fraction of sp³-hybridized carbons (Fsp3) is 0.731. The molecule has 0 bridgehead atoms. The van der Waals surface area contributed by atoms with Crippen LogP contribution in [0.25, 0.3) is 0 Å². The lowest BCUT2D eigenvalue weighted by molar-refractivity contribution is -0.231. The quantitative estimate of drug-likeness (QED) is 0.507. The van der Waals surface area contributed by atoms with E-state index >= 15 is 0 Å². The minimum absolute atomic E-state index is 0.0109. The molecule has 3 aliphatic rings. The van der Waals surface area contributed by atoms with E-state index in [0.717, 1.165) is 0 Å². The van der Waals surface area contributed by atoms with Gasteiger partial charge in [-0.05, 0) is 41.7 Å². The van der Waals surface area contributed by atoms with Crippen LogP contribution in [0.1, 0.15) is 68.2 Å². The van der Waals surface area contributed by atoms with Crippen molar-refractivity contribution in [2.75, 3.05) is 6.61 Å². The monoisotopic (exact) mass is 446 g/mol. The first-order valence-corrected chi connectivity index (χ1v) is 11.5. The molecule has 0 saturated heterocycles. The molecule has 2 N–H and O–H groups in total. The summed E-state index contributed by atoms with van der Waals surface area (Å²) in [6, 6.07) is 0. The number of hydrogen-bond donors (Lipinski definition) is 2. The molecule has 3 rings (SSSR count). The number of esters is 1. The number of aliphatic hydroxyl groups is 2. The molecular formula is C26H38O6. The van der Waals surface area contributed by atoms with Gasteiger partial charge >= 0.3 is 5.97 Å². The number of hydrogen-bond acceptors (Lipinski definition) is 6. The molecule has 6 nitrogen and oxygen atoms in total. The average Bonchev–Trinajstić information content (AvgIpc) is 2.84. The van der Waals surface area contributed by atoms with E-state index in [4.69, 9.17) is 4.74 Å². The number of ether oxygens (including phenoxy) is 1. The Morgan fingerprint density at radius 3 is 2.22 bits per heavy atom. The van der Waals surface area contributed by atoms with Crippen molar-refractivity contribution in [1.29, 1.82) is 0 Å². The van der Waals surface area contributed by atoms with Crippen LogP contribution in [0, 0.1) is 34.0 Å². The minimum atomic E-state index is -1.65. The molecule has 0 aromatic heterocycles. The molecule has 0 heterocycles. The highest BCUT2D eigenvalue weighted by atomic mass is 16.5. The van der Waals surface area contributed by atoms with E-state index in [1.807, 2.05) is 26.0 Å². The van der Waals surface area contributed by atoms with E-state index in [2.05, 4.69) is 20.8 Å². The van der Waals surface area contributed by atoms with Gasteiger partial charge in [-0.15, -0.1) is 0 Å².